The van der Waals surface area contributed by atoms with Gasteiger partial charge in [0.05, 0.1) is 12.6 Å². The number of amides is 1. The van der Waals surface area contributed by atoms with Crippen LogP contribution in [0, 0.1) is 0 Å². The van der Waals surface area contributed by atoms with Gasteiger partial charge in [-0.3, -0.25) is 9.89 Å². The van der Waals surface area contributed by atoms with Gasteiger partial charge in [-0.15, -0.1) is 0 Å². The first-order valence-electron chi connectivity index (χ1n) is 4.78. The van der Waals surface area contributed by atoms with E-state index in [1.165, 1.54) is 0 Å². The third kappa shape index (κ3) is 2.61. The third-order valence-electron chi connectivity index (χ3n) is 2.08. The second-order valence-electron chi connectivity index (χ2n) is 3.29. The van der Waals surface area contributed by atoms with Crippen molar-refractivity contribution < 1.29 is 4.79 Å². The van der Waals surface area contributed by atoms with E-state index in [0.29, 0.717) is 10.8 Å². The predicted octanol–water partition coefficient (Wildman–Crippen LogP) is 2.24. The summed E-state index contributed by atoms with van der Waals surface area (Å²) in [4.78, 5) is 11.6. The van der Waals surface area contributed by atoms with E-state index in [-0.39, 0.29) is 12.3 Å². The van der Waals surface area contributed by atoms with Gasteiger partial charge in [0.25, 0.3) is 0 Å². The summed E-state index contributed by atoms with van der Waals surface area (Å²) in [5.41, 5.74) is 0.807. The SMILES string of the molecule is O=C(Cc1ccccc1Cl)Nc1ccn[nH]1. The lowest BCUT2D eigenvalue weighted by Gasteiger charge is -2.04. The monoisotopic (exact) mass is 235 g/mol. The zero-order valence-corrected chi connectivity index (χ0v) is 9.16. The number of aromatic nitrogens is 2. The molecule has 5 heteroatoms. The highest BCUT2D eigenvalue weighted by Gasteiger charge is 2.07. The van der Waals surface area contributed by atoms with Gasteiger partial charge >= 0.3 is 0 Å². The van der Waals surface area contributed by atoms with Crippen LogP contribution < -0.4 is 5.32 Å². The first-order chi connectivity index (χ1) is 7.75. The van der Waals surface area contributed by atoms with E-state index in [2.05, 4.69) is 15.5 Å². The summed E-state index contributed by atoms with van der Waals surface area (Å²) in [5, 5.41) is 9.67. The largest absolute Gasteiger partial charge is 0.311 e. The Balaban J connectivity index is 2.00. The standard InChI is InChI=1S/C11H10ClN3O/c12-9-4-2-1-3-8(9)7-11(16)14-10-5-6-13-15-10/h1-6H,7H2,(H2,13,14,15,16). The minimum absolute atomic E-state index is 0.127. The lowest BCUT2D eigenvalue weighted by Crippen LogP contribution is -2.14. The van der Waals surface area contributed by atoms with Crippen molar-refractivity contribution in [2.45, 2.75) is 6.42 Å². The Bertz CT molecular complexity index is 482. The zero-order valence-electron chi connectivity index (χ0n) is 8.40. The number of nitrogens with one attached hydrogen (secondary N) is 2. The lowest BCUT2D eigenvalue weighted by molar-refractivity contribution is -0.115. The van der Waals surface area contributed by atoms with Crippen molar-refractivity contribution in [2.24, 2.45) is 0 Å². The molecular formula is C11H10ClN3O. The van der Waals surface area contributed by atoms with Gasteiger partial charge in [0.2, 0.25) is 5.91 Å². The number of benzene rings is 1. The van der Waals surface area contributed by atoms with E-state index >= 15 is 0 Å². The first kappa shape index (κ1) is 10.7. The smallest absolute Gasteiger partial charge is 0.229 e. The molecular weight excluding hydrogens is 226 g/mol. The number of hydrogen-bond donors (Lipinski definition) is 2. The van der Waals surface area contributed by atoms with Gasteiger partial charge in [0, 0.05) is 11.1 Å². The number of rotatable bonds is 3. The van der Waals surface area contributed by atoms with Gasteiger partial charge in [-0.05, 0) is 11.6 Å². The number of carbonyl (C=O) groups excluding carboxylic acids is 1. The fourth-order valence-corrected chi connectivity index (χ4v) is 1.54. The van der Waals surface area contributed by atoms with Crippen LogP contribution in [0.25, 0.3) is 0 Å². The summed E-state index contributed by atoms with van der Waals surface area (Å²) < 4.78 is 0. The number of aromatic amines is 1. The molecule has 0 unspecified atom stereocenters. The van der Waals surface area contributed by atoms with Crippen molar-refractivity contribution in [1.29, 1.82) is 0 Å². The maximum Gasteiger partial charge on any atom is 0.229 e. The van der Waals surface area contributed by atoms with Gasteiger partial charge in [0.15, 0.2) is 0 Å². The molecule has 0 fully saturated rings. The van der Waals surface area contributed by atoms with Gasteiger partial charge < -0.3 is 5.32 Å². The average Bonchev–Trinajstić information content (AvgIpc) is 2.74. The van der Waals surface area contributed by atoms with Crippen molar-refractivity contribution in [2.75, 3.05) is 5.32 Å². The van der Waals surface area contributed by atoms with Crippen LogP contribution in [0.1, 0.15) is 5.56 Å². The highest BCUT2D eigenvalue weighted by molar-refractivity contribution is 6.31. The fourth-order valence-electron chi connectivity index (χ4n) is 1.33. The molecule has 0 saturated heterocycles. The fraction of sp³-hybridized carbons (Fsp3) is 0.0909. The van der Waals surface area contributed by atoms with Crippen molar-refractivity contribution in [3.63, 3.8) is 0 Å². The molecule has 1 heterocycles. The summed E-state index contributed by atoms with van der Waals surface area (Å²) in [5.74, 6) is 0.453. The number of anilines is 1. The molecule has 1 aromatic carbocycles. The van der Waals surface area contributed by atoms with E-state index < -0.39 is 0 Å². The molecule has 2 rings (SSSR count). The quantitative estimate of drug-likeness (QED) is 0.857. The molecule has 0 saturated carbocycles. The average molecular weight is 236 g/mol. The van der Waals surface area contributed by atoms with Crippen LogP contribution in [0.5, 0.6) is 0 Å². The molecule has 0 bridgehead atoms. The Kier molecular flexibility index (Phi) is 3.22. The van der Waals surface area contributed by atoms with Crippen LogP contribution in [-0.2, 0) is 11.2 Å². The molecule has 0 aliphatic heterocycles. The number of H-pyrrole nitrogens is 1. The van der Waals surface area contributed by atoms with Gasteiger partial charge in [-0.2, -0.15) is 5.10 Å². The molecule has 0 radical (unpaired) electrons. The van der Waals surface area contributed by atoms with E-state index in [1.54, 1.807) is 18.3 Å². The number of hydrogen-bond acceptors (Lipinski definition) is 2. The predicted molar refractivity (Wildman–Crippen MR) is 62.4 cm³/mol. The molecule has 4 nitrogen and oxygen atoms in total. The molecule has 2 N–H and O–H groups in total. The third-order valence-corrected chi connectivity index (χ3v) is 2.45. The van der Waals surface area contributed by atoms with Crippen LogP contribution in [0.2, 0.25) is 5.02 Å². The number of halogens is 1. The van der Waals surface area contributed by atoms with Crippen molar-refractivity contribution in [3.05, 3.63) is 47.1 Å². The van der Waals surface area contributed by atoms with Gasteiger partial charge in [-0.25, -0.2) is 0 Å². The van der Waals surface area contributed by atoms with Crippen LogP contribution in [0.15, 0.2) is 36.5 Å². The summed E-state index contributed by atoms with van der Waals surface area (Å²) >= 11 is 5.95. The molecule has 82 valence electrons. The topological polar surface area (TPSA) is 57.8 Å². The molecule has 2 aromatic rings. The van der Waals surface area contributed by atoms with E-state index in [1.807, 2.05) is 18.2 Å². The van der Waals surface area contributed by atoms with E-state index in [4.69, 9.17) is 11.6 Å². The second kappa shape index (κ2) is 4.81. The van der Waals surface area contributed by atoms with Crippen LogP contribution in [0.4, 0.5) is 5.82 Å². The summed E-state index contributed by atoms with van der Waals surface area (Å²) in [7, 11) is 0. The van der Waals surface area contributed by atoms with Crippen molar-refractivity contribution in [1.82, 2.24) is 10.2 Å². The number of carbonyl (C=O) groups is 1. The maximum absolute atomic E-state index is 11.6. The lowest BCUT2D eigenvalue weighted by atomic mass is 10.1. The Morgan fingerprint density at radius 2 is 2.19 bits per heavy atom. The zero-order chi connectivity index (χ0) is 11.4. The Hall–Kier alpha value is -1.81. The van der Waals surface area contributed by atoms with Gasteiger partial charge in [0.1, 0.15) is 5.82 Å². The van der Waals surface area contributed by atoms with Crippen molar-refractivity contribution in [3.8, 4) is 0 Å². The van der Waals surface area contributed by atoms with E-state index in [9.17, 15) is 4.79 Å². The van der Waals surface area contributed by atoms with Crippen LogP contribution >= 0.6 is 11.6 Å². The van der Waals surface area contributed by atoms with Gasteiger partial charge in [-0.1, -0.05) is 29.8 Å². The van der Waals surface area contributed by atoms with Crippen LogP contribution in [0.3, 0.4) is 0 Å². The minimum atomic E-state index is -0.127. The maximum atomic E-state index is 11.6. The first-order valence-corrected chi connectivity index (χ1v) is 5.16. The summed E-state index contributed by atoms with van der Waals surface area (Å²) in [6.45, 7) is 0. The normalized spacial score (nSPS) is 10.1. The van der Waals surface area contributed by atoms with Crippen LogP contribution in [-0.4, -0.2) is 16.1 Å². The molecule has 1 amide bonds. The molecule has 0 spiro atoms. The minimum Gasteiger partial charge on any atom is -0.311 e. The highest BCUT2D eigenvalue weighted by Crippen LogP contribution is 2.15. The Morgan fingerprint density at radius 1 is 1.38 bits per heavy atom. The summed E-state index contributed by atoms with van der Waals surface area (Å²) in [6.07, 6.45) is 1.82. The summed E-state index contributed by atoms with van der Waals surface area (Å²) in [6, 6.07) is 8.96. The Morgan fingerprint density at radius 3 is 2.88 bits per heavy atom. The molecule has 0 aliphatic carbocycles. The van der Waals surface area contributed by atoms with E-state index in [0.717, 1.165) is 5.56 Å². The molecule has 0 aliphatic rings. The molecule has 1 aromatic heterocycles. The number of nitrogens with zero attached hydrogens (tertiary/aromatic N) is 1. The molecule has 16 heavy (non-hydrogen) atoms. The Labute approximate surface area is 97.6 Å². The van der Waals surface area contributed by atoms with Crippen molar-refractivity contribution >= 4 is 23.3 Å². The second-order valence-corrected chi connectivity index (χ2v) is 3.69. The highest BCUT2D eigenvalue weighted by atomic mass is 35.5. The molecule has 0 atom stereocenters.